The first kappa shape index (κ1) is 17.6. The summed E-state index contributed by atoms with van der Waals surface area (Å²) >= 11 is 0. The number of carbonyl (C=O) groups excluding carboxylic acids is 1. The van der Waals surface area contributed by atoms with Crippen molar-refractivity contribution in [3.8, 4) is 0 Å². The summed E-state index contributed by atoms with van der Waals surface area (Å²) in [6.45, 7) is 0.121. The number of hydrogen-bond acceptors (Lipinski definition) is 4. The predicted octanol–water partition coefficient (Wildman–Crippen LogP) is 3.02. The Labute approximate surface area is 146 Å². The molecule has 0 aliphatic heterocycles. The van der Waals surface area contributed by atoms with E-state index in [-0.39, 0.29) is 12.5 Å². The maximum atomic E-state index is 12.5. The highest BCUT2D eigenvalue weighted by Gasteiger charge is 2.35. The number of anilines is 1. The van der Waals surface area contributed by atoms with Crippen LogP contribution in [0.2, 0.25) is 0 Å². The maximum absolute atomic E-state index is 12.5. The highest BCUT2D eigenvalue weighted by molar-refractivity contribution is 6.05. The van der Waals surface area contributed by atoms with Crippen molar-refractivity contribution in [2.75, 3.05) is 11.9 Å². The van der Waals surface area contributed by atoms with E-state index in [4.69, 9.17) is 0 Å². The van der Waals surface area contributed by atoms with Crippen LogP contribution in [0.1, 0.15) is 21.7 Å². The van der Waals surface area contributed by atoms with Crippen LogP contribution in [-0.2, 0) is 12.7 Å². The molecule has 2 heterocycles. The third-order valence-corrected chi connectivity index (χ3v) is 3.67. The van der Waals surface area contributed by atoms with Crippen molar-refractivity contribution in [3.05, 3.63) is 72.1 Å². The molecule has 0 atom stereocenters. The van der Waals surface area contributed by atoms with Gasteiger partial charge in [0, 0.05) is 18.8 Å². The second-order valence-corrected chi connectivity index (χ2v) is 5.54. The predicted molar refractivity (Wildman–Crippen MR) is 87.5 cm³/mol. The lowest BCUT2D eigenvalue weighted by atomic mass is 10.1. The van der Waals surface area contributed by atoms with Crippen LogP contribution in [0.4, 0.5) is 18.9 Å². The van der Waals surface area contributed by atoms with Crippen molar-refractivity contribution < 1.29 is 18.0 Å². The van der Waals surface area contributed by atoms with E-state index in [9.17, 15) is 18.0 Å². The minimum Gasteiger partial charge on any atom is -0.310 e. The van der Waals surface area contributed by atoms with Crippen LogP contribution in [0.25, 0.3) is 0 Å². The van der Waals surface area contributed by atoms with Gasteiger partial charge in [-0.3, -0.25) is 9.78 Å². The lowest BCUT2D eigenvalue weighted by molar-refractivity contribution is -0.145. The first-order valence-electron chi connectivity index (χ1n) is 7.58. The Morgan fingerprint density at radius 1 is 1.19 bits per heavy atom. The van der Waals surface area contributed by atoms with Gasteiger partial charge in [0.25, 0.3) is 11.7 Å². The van der Waals surface area contributed by atoms with Crippen LogP contribution in [0.15, 0.2) is 55.1 Å². The second kappa shape index (κ2) is 6.95. The summed E-state index contributed by atoms with van der Waals surface area (Å²) in [6.07, 6.45) is -0.351. The molecule has 0 radical (unpaired) electrons. The topological polar surface area (TPSA) is 63.9 Å². The van der Waals surface area contributed by atoms with Crippen molar-refractivity contribution >= 4 is 11.6 Å². The van der Waals surface area contributed by atoms with E-state index >= 15 is 0 Å². The summed E-state index contributed by atoms with van der Waals surface area (Å²) in [5.74, 6) is -1.40. The molecule has 9 heteroatoms. The Hall–Kier alpha value is -3.23. The van der Waals surface area contributed by atoms with Gasteiger partial charge in [0.05, 0.1) is 18.4 Å². The number of carbonyl (C=O) groups is 1. The Morgan fingerprint density at radius 2 is 1.92 bits per heavy atom. The third-order valence-electron chi connectivity index (χ3n) is 3.67. The van der Waals surface area contributed by atoms with Gasteiger partial charge in [0.1, 0.15) is 6.33 Å². The Morgan fingerprint density at radius 3 is 2.50 bits per heavy atom. The molecule has 0 N–H and O–H groups in total. The zero-order valence-corrected chi connectivity index (χ0v) is 13.7. The SMILES string of the molecule is CN(C(=O)c1ccc(Cn2cnc(C(F)(F)F)n2)cc1)c1cccnc1. The van der Waals surface area contributed by atoms with Crippen molar-refractivity contribution in [2.24, 2.45) is 0 Å². The summed E-state index contributed by atoms with van der Waals surface area (Å²) in [5, 5.41) is 3.40. The number of rotatable bonds is 4. The van der Waals surface area contributed by atoms with Crippen molar-refractivity contribution in [2.45, 2.75) is 12.7 Å². The molecule has 0 bridgehead atoms. The number of benzene rings is 1. The van der Waals surface area contributed by atoms with Crippen LogP contribution in [-0.4, -0.2) is 32.7 Å². The molecule has 2 aromatic heterocycles. The summed E-state index contributed by atoms with van der Waals surface area (Å²) in [7, 11) is 1.64. The lowest BCUT2D eigenvalue weighted by Crippen LogP contribution is -2.26. The summed E-state index contributed by atoms with van der Waals surface area (Å²) in [4.78, 5) is 21.2. The van der Waals surface area contributed by atoms with Gasteiger partial charge < -0.3 is 4.90 Å². The first-order valence-corrected chi connectivity index (χ1v) is 7.58. The number of nitrogens with zero attached hydrogens (tertiary/aromatic N) is 5. The molecule has 1 amide bonds. The fraction of sp³-hybridized carbons (Fsp3) is 0.176. The average Bonchev–Trinajstić information content (AvgIpc) is 3.11. The molecule has 26 heavy (non-hydrogen) atoms. The Balaban J connectivity index is 1.70. The maximum Gasteiger partial charge on any atom is 0.453 e. The second-order valence-electron chi connectivity index (χ2n) is 5.54. The number of pyridine rings is 1. The minimum absolute atomic E-state index is 0.121. The van der Waals surface area contributed by atoms with Crippen molar-refractivity contribution in [3.63, 3.8) is 0 Å². The molecule has 1 aromatic carbocycles. The average molecular weight is 361 g/mol. The standard InChI is InChI=1S/C17H14F3N5O/c1-24(14-3-2-8-21-9-14)15(26)13-6-4-12(5-7-13)10-25-11-22-16(23-25)17(18,19)20/h2-9,11H,10H2,1H3. The largest absolute Gasteiger partial charge is 0.453 e. The van der Waals surface area contributed by atoms with E-state index in [0.717, 1.165) is 11.0 Å². The summed E-state index contributed by atoms with van der Waals surface area (Å²) in [6, 6.07) is 10.1. The highest BCUT2D eigenvalue weighted by atomic mass is 19.4. The number of hydrogen-bond donors (Lipinski definition) is 0. The van der Waals surface area contributed by atoms with Gasteiger partial charge in [-0.05, 0) is 29.8 Å². The van der Waals surface area contributed by atoms with Gasteiger partial charge in [-0.1, -0.05) is 12.1 Å². The zero-order valence-electron chi connectivity index (χ0n) is 13.7. The number of amides is 1. The quantitative estimate of drug-likeness (QED) is 0.717. The molecule has 3 rings (SSSR count). The summed E-state index contributed by atoms with van der Waals surface area (Å²) in [5.41, 5.74) is 1.81. The number of alkyl halides is 3. The first-order chi connectivity index (χ1) is 12.3. The molecule has 0 aliphatic carbocycles. The van der Waals surface area contributed by atoms with E-state index < -0.39 is 12.0 Å². The zero-order chi connectivity index (χ0) is 18.7. The van der Waals surface area contributed by atoms with Gasteiger partial charge in [-0.15, -0.1) is 5.10 Å². The van der Waals surface area contributed by atoms with E-state index in [1.807, 2.05) is 0 Å². The Bertz CT molecular complexity index is 891. The van der Waals surface area contributed by atoms with Crippen LogP contribution < -0.4 is 4.90 Å². The molecule has 0 saturated heterocycles. The lowest BCUT2D eigenvalue weighted by Gasteiger charge is -2.17. The minimum atomic E-state index is -4.57. The molecule has 0 spiro atoms. The molecule has 134 valence electrons. The van der Waals surface area contributed by atoms with Gasteiger partial charge in [-0.25, -0.2) is 9.67 Å². The van der Waals surface area contributed by atoms with Crippen LogP contribution in [0, 0.1) is 0 Å². The van der Waals surface area contributed by atoms with E-state index in [1.165, 1.54) is 4.90 Å². The molecule has 0 fully saturated rings. The molecule has 0 aliphatic rings. The highest BCUT2D eigenvalue weighted by Crippen LogP contribution is 2.25. The third kappa shape index (κ3) is 3.88. The van der Waals surface area contributed by atoms with Crippen LogP contribution >= 0.6 is 0 Å². The van der Waals surface area contributed by atoms with Crippen molar-refractivity contribution in [1.29, 1.82) is 0 Å². The summed E-state index contributed by atoms with van der Waals surface area (Å²) < 4.78 is 38.6. The number of aromatic nitrogens is 4. The van der Waals surface area contributed by atoms with Crippen LogP contribution in [0.5, 0.6) is 0 Å². The van der Waals surface area contributed by atoms with Gasteiger partial charge >= 0.3 is 6.18 Å². The molecule has 0 unspecified atom stereocenters. The molecule has 0 saturated carbocycles. The Kier molecular flexibility index (Phi) is 4.70. The molecule has 3 aromatic rings. The molecular formula is C17H14F3N5O. The van der Waals surface area contributed by atoms with Gasteiger partial charge in [0.2, 0.25) is 0 Å². The van der Waals surface area contributed by atoms with E-state index in [2.05, 4.69) is 15.1 Å². The van der Waals surface area contributed by atoms with Gasteiger partial charge in [-0.2, -0.15) is 13.2 Å². The molecular weight excluding hydrogens is 347 g/mol. The van der Waals surface area contributed by atoms with Crippen LogP contribution in [0.3, 0.4) is 0 Å². The van der Waals surface area contributed by atoms with Crippen molar-refractivity contribution in [1.82, 2.24) is 19.7 Å². The normalized spacial score (nSPS) is 11.4. The molecule has 6 nitrogen and oxygen atoms in total. The smallest absolute Gasteiger partial charge is 0.310 e. The van der Waals surface area contributed by atoms with Gasteiger partial charge in [0.15, 0.2) is 0 Å². The number of halogens is 3. The monoisotopic (exact) mass is 361 g/mol. The van der Waals surface area contributed by atoms with E-state index in [1.54, 1.807) is 55.8 Å². The van der Waals surface area contributed by atoms with E-state index in [0.29, 0.717) is 16.8 Å². The fourth-order valence-corrected chi connectivity index (χ4v) is 2.30. The fourth-order valence-electron chi connectivity index (χ4n) is 2.30.